The fourth-order valence-corrected chi connectivity index (χ4v) is 2.06. The van der Waals surface area contributed by atoms with Gasteiger partial charge in [-0.3, -0.25) is 0 Å². The van der Waals surface area contributed by atoms with Crippen molar-refractivity contribution in [2.45, 2.75) is 20.3 Å². The summed E-state index contributed by atoms with van der Waals surface area (Å²) in [5.41, 5.74) is 0.876. The van der Waals surface area contributed by atoms with Crippen molar-refractivity contribution in [3.8, 4) is 16.9 Å². The number of phenolic OH excluding ortho intramolecular Hbond substituents is 1. The first kappa shape index (κ1) is 14.2. The quantitative estimate of drug-likeness (QED) is 0.648. The van der Waals surface area contributed by atoms with E-state index in [-0.39, 0.29) is 11.3 Å². The number of hydrogen-bond donors (Lipinski definition) is 2. The molecule has 0 unspecified atom stereocenters. The Morgan fingerprint density at radius 1 is 1.44 bits per heavy atom. The van der Waals surface area contributed by atoms with Crippen molar-refractivity contribution >= 4 is 22.6 Å². The molecular formula is C14H14O3S. The standard InChI is InChI=1S/C14H14O3S/c1-3-4-8-18-13(10(2)14(16)17)11-6-5-7-12(15)9-11/h5-7,9,15H,3H2,1-2H3,(H,16,17)/b13-10+. The molecule has 0 fully saturated rings. The number of thioether (sulfide) groups is 1. The van der Waals surface area contributed by atoms with Crippen molar-refractivity contribution in [1.29, 1.82) is 0 Å². The molecule has 0 bridgehead atoms. The third kappa shape index (κ3) is 3.86. The molecule has 3 nitrogen and oxygen atoms in total. The zero-order valence-corrected chi connectivity index (χ0v) is 11.0. The number of aliphatic carboxylic acids is 1. The molecule has 0 aromatic heterocycles. The summed E-state index contributed by atoms with van der Waals surface area (Å²) in [6.07, 6.45) is 0.715. The van der Waals surface area contributed by atoms with Gasteiger partial charge < -0.3 is 10.2 Å². The Kier molecular flexibility index (Phi) is 5.34. The van der Waals surface area contributed by atoms with Crippen LogP contribution in [0.1, 0.15) is 25.8 Å². The van der Waals surface area contributed by atoms with Gasteiger partial charge in [-0.2, -0.15) is 0 Å². The van der Waals surface area contributed by atoms with E-state index in [1.54, 1.807) is 18.2 Å². The third-order valence-electron chi connectivity index (χ3n) is 2.17. The van der Waals surface area contributed by atoms with E-state index in [0.717, 1.165) is 0 Å². The molecular weight excluding hydrogens is 248 g/mol. The van der Waals surface area contributed by atoms with Crippen molar-refractivity contribution in [3.63, 3.8) is 0 Å². The van der Waals surface area contributed by atoms with Crippen molar-refractivity contribution < 1.29 is 15.0 Å². The van der Waals surface area contributed by atoms with Gasteiger partial charge in [-0.05, 0) is 41.6 Å². The van der Waals surface area contributed by atoms with E-state index in [4.69, 9.17) is 5.11 Å². The summed E-state index contributed by atoms with van der Waals surface area (Å²) in [7, 11) is 0. The van der Waals surface area contributed by atoms with Crippen molar-refractivity contribution in [1.82, 2.24) is 0 Å². The largest absolute Gasteiger partial charge is 0.508 e. The number of carbonyl (C=O) groups is 1. The summed E-state index contributed by atoms with van der Waals surface area (Å²) in [6, 6.07) is 6.50. The van der Waals surface area contributed by atoms with Gasteiger partial charge in [0.15, 0.2) is 0 Å². The Morgan fingerprint density at radius 2 is 2.17 bits per heavy atom. The normalized spacial score (nSPS) is 11.2. The van der Waals surface area contributed by atoms with Gasteiger partial charge in [0.1, 0.15) is 5.75 Å². The van der Waals surface area contributed by atoms with E-state index in [0.29, 0.717) is 16.9 Å². The smallest absolute Gasteiger partial charge is 0.332 e. The van der Waals surface area contributed by atoms with Crippen molar-refractivity contribution in [3.05, 3.63) is 35.4 Å². The van der Waals surface area contributed by atoms with Gasteiger partial charge in [0.05, 0.1) is 0 Å². The minimum atomic E-state index is -0.987. The minimum Gasteiger partial charge on any atom is -0.508 e. The first-order chi connectivity index (χ1) is 8.56. The molecule has 0 aliphatic rings. The highest BCUT2D eigenvalue weighted by molar-refractivity contribution is 8.12. The Morgan fingerprint density at radius 3 is 2.72 bits per heavy atom. The van der Waals surface area contributed by atoms with E-state index in [1.807, 2.05) is 6.92 Å². The minimum absolute atomic E-state index is 0.104. The zero-order valence-electron chi connectivity index (χ0n) is 10.2. The van der Waals surface area contributed by atoms with Crippen LogP contribution < -0.4 is 0 Å². The second-order valence-electron chi connectivity index (χ2n) is 3.54. The molecule has 0 spiro atoms. The molecule has 0 heterocycles. The number of hydrogen-bond acceptors (Lipinski definition) is 3. The highest BCUT2D eigenvalue weighted by Gasteiger charge is 2.12. The first-order valence-corrected chi connectivity index (χ1v) is 6.26. The van der Waals surface area contributed by atoms with Gasteiger partial charge in [-0.1, -0.05) is 25.0 Å². The highest BCUT2D eigenvalue weighted by atomic mass is 32.2. The summed E-state index contributed by atoms with van der Waals surface area (Å²) in [6.45, 7) is 3.46. The Labute approximate surface area is 111 Å². The van der Waals surface area contributed by atoms with Gasteiger partial charge in [-0.25, -0.2) is 4.79 Å². The maximum atomic E-state index is 11.0. The number of carboxylic acids is 1. The summed E-state index contributed by atoms with van der Waals surface area (Å²) in [5.74, 6) is 2.00. The molecule has 0 aliphatic carbocycles. The molecule has 94 valence electrons. The molecule has 18 heavy (non-hydrogen) atoms. The van der Waals surface area contributed by atoms with E-state index in [9.17, 15) is 9.90 Å². The molecule has 2 N–H and O–H groups in total. The number of aromatic hydroxyl groups is 1. The third-order valence-corrected chi connectivity index (χ3v) is 3.16. The van der Waals surface area contributed by atoms with Crippen LogP contribution in [0, 0.1) is 11.2 Å². The Balaban J connectivity index is 3.21. The summed E-state index contributed by atoms with van der Waals surface area (Å²) >= 11 is 1.17. The molecule has 1 rings (SSSR count). The van der Waals surface area contributed by atoms with Gasteiger partial charge in [0, 0.05) is 16.9 Å². The fourth-order valence-electron chi connectivity index (χ4n) is 1.26. The lowest BCUT2D eigenvalue weighted by molar-refractivity contribution is -0.132. The average molecular weight is 262 g/mol. The molecule has 0 aliphatic heterocycles. The van der Waals surface area contributed by atoms with E-state index < -0.39 is 5.97 Å². The lowest BCUT2D eigenvalue weighted by atomic mass is 10.1. The first-order valence-electron chi connectivity index (χ1n) is 5.44. The maximum absolute atomic E-state index is 11.0. The van der Waals surface area contributed by atoms with Gasteiger partial charge in [0.2, 0.25) is 0 Å². The lowest BCUT2D eigenvalue weighted by Gasteiger charge is -2.06. The average Bonchev–Trinajstić information content (AvgIpc) is 2.34. The molecule has 0 saturated carbocycles. The molecule has 4 heteroatoms. The summed E-state index contributed by atoms with van der Waals surface area (Å²) in [5, 5.41) is 21.3. The second-order valence-corrected chi connectivity index (χ2v) is 4.36. The topological polar surface area (TPSA) is 57.5 Å². The maximum Gasteiger partial charge on any atom is 0.332 e. The molecule has 1 aromatic rings. The Hall–Kier alpha value is -1.86. The lowest BCUT2D eigenvalue weighted by Crippen LogP contribution is -1.99. The van der Waals surface area contributed by atoms with Crippen LogP contribution in [-0.2, 0) is 4.79 Å². The van der Waals surface area contributed by atoms with Gasteiger partial charge in [0.25, 0.3) is 0 Å². The van der Waals surface area contributed by atoms with Crippen LogP contribution in [0.15, 0.2) is 29.8 Å². The predicted octanol–water partition coefficient (Wildman–Crippen LogP) is 3.31. The molecule has 1 aromatic carbocycles. The summed E-state index contributed by atoms with van der Waals surface area (Å²) in [4.78, 5) is 11.6. The monoisotopic (exact) mass is 262 g/mol. The van der Waals surface area contributed by atoms with Crippen molar-refractivity contribution in [2.75, 3.05) is 0 Å². The SMILES string of the molecule is CCC#CS/C(=C(\C)C(=O)O)c1cccc(O)c1. The van der Waals surface area contributed by atoms with Crippen LogP contribution in [0.5, 0.6) is 5.75 Å². The number of benzene rings is 1. The predicted molar refractivity (Wildman–Crippen MR) is 74.0 cm³/mol. The van der Waals surface area contributed by atoms with Crippen LogP contribution in [0.3, 0.4) is 0 Å². The van der Waals surface area contributed by atoms with E-state index in [2.05, 4.69) is 11.2 Å². The second kappa shape index (κ2) is 6.77. The highest BCUT2D eigenvalue weighted by Crippen LogP contribution is 2.31. The van der Waals surface area contributed by atoms with Crippen LogP contribution in [0.2, 0.25) is 0 Å². The van der Waals surface area contributed by atoms with E-state index in [1.165, 1.54) is 24.8 Å². The molecule has 0 saturated heterocycles. The van der Waals surface area contributed by atoms with Gasteiger partial charge >= 0.3 is 5.97 Å². The molecule has 0 radical (unpaired) electrons. The summed E-state index contributed by atoms with van der Waals surface area (Å²) < 4.78 is 0. The van der Waals surface area contributed by atoms with Crippen LogP contribution in [0.25, 0.3) is 4.91 Å². The molecule has 0 amide bonds. The zero-order chi connectivity index (χ0) is 13.5. The number of phenols is 1. The fraction of sp³-hybridized carbons (Fsp3) is 0.214. The van der Waals surface area contributed by atoms with Crippen LogP contribution >= 0.6 is 11.8 Å². The van der Waals surface area contributed by atoms with E-state index >= 15 is 0 Å². The molecule has 0 atom stereocenters. The number of carboxylic acid groups (broad SMARTS) is 1. The van der Waals surface area contributed by atoms with Crippen LogP contribution in [0.4, 0.5) is 0 Å². The Bertz CT molecular complexity index is 535. The number of rotatable bonds is 3. The van der Waals surface area contributed by atoms with Crippen molar-refractivity contribution in [2.24, 2.45) is 0 Å². The van der Waals surface area contributed by atoms with Gasteiger partial charge in [-0.15, -0.1) is 0 Å². The van der Waals surface area contributed by atoms with Crippen LogP contribution in [-0.4, -0.2) is 16.2 Å².